The van der Waals surface area contributed by atoms with Crippen LogP contribution in [-0.2, 0) is 6.61 Å². The first-order valence-corrected chi connectivity index (χ1v) is 18.2. The second-order valence-electron chi connectivity index (χ2n) is 13.7. The smallest absolute Gasteiger partial charge is 0.134 e. The normalized spacial score (nSPS) is 11.6. The second-order valence-corrected chi connectivity index (χ2v) is 13.7. The number of hydrogen-bond donors (Lipinski definition) is 1. The van der Waals surface area contributed by atoms with Crippen molar-refractivity contribution in [2.24, 2.45) is 0 Å². The minimum Gasteiger partial charge on any atom is -0.496 e. The number of nitrogens with zero attached hydrogens (tertiary/aromatic N) is 2. The molecule has 8 aromatic carbocycles. The highest BCUT2D eigenvalue weighted by Crippen LogP contribution is 2.46. The number of ether oxygens (including phenoxy) is 1. The number of hydrogen-bond acceptors (Lipinski definition) is 4. The molecule has 0 aliphatic rings. The number of rotatable bonds is 6. The molecule has 0 spiro atoms. The van der Waals surface area contributed by atoms with E-state index in [1.807, 2.05) is 42.5 Å². The zero-order valence-electron chi connectivity index (χ0n) is 29.6. The van der Waals surface area contributed by atoms with Crippen LogP contribution in [0.15, 0.2) is 170 Å². The summed E-state index contributed by atoms with van der Waals surface area (Å²) in [6.07, 6.45) is 0. The molecule has 10 aromatic rings. The standard InChI is InChI=1S/C50H34N2O2/c1-54-50-42-26-28-44(32-14-3-2-4-15-32)51-49(42)48-41(43(50)30-53)25-27-45(52-48)33-17-11-18-34(29-33)46-37-20-7-9-22-39(37)47(40-23-10-8-21-38(40)46)36-24-12-16-31-13-5-6-19-35(31)36/h2-29,53H,30H2,1H3. The van der Waals surface area contributed by atoms with Crippen LogP contribution in [0.1, 0.15) is 5.56 Å². The Morgan fingerprint density at radius 2 is 0.963 bits per heavy atom. The lowest BCUT2D eigenvalue weighted by molar-refractivity contribution is 0.276. The summed E-state index contributed by atoms with van der Waals surface area (Å²) in [5, 5.41) is 19.5. The third kappa shape index (κ3) is 5.03. The monoisotopic (exact) mass is 694 g/mol. The average molecular weight is 695 g/mol. The summed E-state index contributed by atoms with van der Waals surface area (Å²) >= 11 is 0. The third-order valence-corrected chi connectivity index (χ3v) is 10.7. The highest BCUT2D eigenvalue weighted by atomic mass is 16.5. The Balaban J connectivity index is 1.20. The Labute approximate surface area is 312 Å². The highest BCUT2D eigenvalue weighted by molar-refractivity contribution is 6.23. The quantitative estimate of drug-likeness (QED) is 0.139. The molecule has 0 fully saturated rings. The Morgan fingerprint density at radius 1 is 0.444 bits per heavy atom. The lowest BCUT2D eigenvalue weighted by atomic mass is 9.84. The van der Waals surface area contributed by atoms with E-state index >= 15 is 0 Å². The van der Waals surface area contributed by atoms with E-state index in [1.165, 1.54) is 49.0 Å². The summed E-state index contributed by atoms with van der Waals surface area (Å²) in [5.74, 6) is 0.620. The molecule has 2 heterocycles. The Kier molecular flexibility index (Phi) is 7.64. The van der Waals surface area contributed by atoms with Crippen molar-refractivity contribution in [1.82, 2.24) is 9.97 Å². The molecule has 2 aromatic heterocycles. The number of pyridine rings is 2. The van der Waals surface area contributed by atoms with Gasteiger partial charge in [-0.2, -0.15) is 0 Å². The van der Waals surface area contributed by atoms with Crippen LogP contribution >= 0.6 is 0 Å². The van der Waals surface area contributed by atoms with E-state index in [2.05, 4.69) is 127 Å². The maximum atomic E-state index is 10.6. The fraction of sp³-hybridized carbons (Fsp3) is 0.0400. The van der Waals surface area contributed by atoms with Gasteiger partial charge in [0, 0.05) is 27.5 Å². The van der Waals surface area contributed by atoms with Crippen LogP contribution < -0.4 is 4.74 Å². The summed E-state index contributed by atoms with van der Waals surface area (Å²) in [5.41, 5.74) is 10.6. The number of aromatic nitrogens is 2. The zero-order valence-corrected chi connectivity index (χ0v) is 29.6. The highest BCUT2D eigenvalue weighted by Gasteiger charge is 2.20. The van der Waals surface area contributed by atoms with E-state index < -0.39 is 0 Å². The maximum Gasteiger partial charge on any atom is 0.134 e. The van der Waals surface area contributed by atoms with Crippen molar-refractivity contribution in [1.29, 1.82) is 0 Å². The minimum atomic E-state index is -0.179. The van der Waals surface area contributed by atoms with Crippen molar-refractivity contribution in [3.8, 4) is 50.5 Å². The molecule has 0 atom stereocenters. The molecule has 0 aliphatic heterocycles. The minimum absolute atomic E-state index is 0.179. The van der Waals surface area contributed by atoms with Gasteiger partial charge in [-0.05, 0) is 78.8 Å². The molecule has 0 aliphatic carbocycles. The number of aliphatic hydroxyl groups excluding tert-OH is 1. The summed E-state index contributed by atoms with van der Waals surface area (Å²) < 4.78 is 5.88. The third-order valence-electron chi connectivity index (χ3n) is 10.7. The summed E-state index contributed by atoms with van der Waals surface area (Å²) in [4.78, 5) is 10.5. The first-order chi connectivity index (χ1) is 26.7. The van der Waals surface area contributed by atoms with Gasteiger partial charge in [-0.25, -0.2) is 9.97 Å². The van der Waals surface area contributed by atoms with Gasteiger partial charge in [0.1, 0.15) is 11.3 Å². The van der Waals surface area contributed by atoms with Crippen LogP contribution in [0.2, 0.25) is 0 Å². The summed E-state index contributed by atoms with van der Waals surface area (Å²) in [7, 11) is 1.64. The number of methoxy groups -OCH3 is 1. The van der Waals surface area contributed by atoms with Crippen molar-refractivity contribution in [2.75, 3.05) is 7.11 Å². The lowest BCUT2D eigenvalue weighted by Crippen LogP contribution is -1.99. The fourth-order valence-electron chi connectivity index (χ4n) is 8.32. The molecular formula is C50H34N2O2. The van der Waals surface area contributed by atoms with Gasteiger partial charge in [0.25, 0.3) is 0 Å². The van der Waals surface area contributed by atoms with Crippen molar-refractivity contribution in [3.05, 3.63) is 175 Å². The molecule has 10 rings (SSSR count). The first kappa shape index (κ1) is 31.8. The van der Waals surface area contributed by atoms with Gasteiger partial charge in [-0.1, -0.05) is 146 Å². The molecule has 1 N–H and O–H groups in total. The molecule has 4 heteroatoms. The van der Waals surface area contributed by atoms with Crippen molar-refractivity contribution < 1.29 is 9.84 Å². The van der Waals surface area contributed by atoms with Crippen LogP contribution in [0.3, 0.4) is 0 Å². The Bertz CT molecular complexity index is 3020. The fourth-order valence-corrected chi connectivity index (χ4v) is 8.32. The average Bonchev–Trinajstić information content (AvgIpc) is 3.24. The van der Waals surface area contributed by atoms with Crippen LogP contribution in [0, 0.1) is 0 Å². The molecule has 0 saturated carbocycles. The van der Waals surface area contributed by atoms with Crippen LogP contribution in [-0.4, -0.2) is 22.2 Å². The van der Waals surface area contributed by atoms with E-state index in [4.69, 9.17) is 14.7 Å². The molecular weight excluding hydrogens is 661 g/mol. The Morgan fingerprint density at radius 3 is 1.65 bits per heavy atom. The molecule has 54 heavy (non-hydrogen) atoms. The second kappa shape index (κ2) is 13.0. The molecule has 4 nitrogen and oxygen atoms in total. The van der Waals surface area contributed by atoms with Crippen molar-refractivity contribution in [3.63, 3.8) is 0 Å². The molecule has 256 valence electrons. The Hall–Kier alpha value is -6.88. The first-order valence-electron chi connectivity index (χ1n) is 18.2. The number of benzene rings is 8. The van der Waals surface area contributed by atoms with Gasteiger partial charge in [-0.15, -0.1) is 0 Å². The SMILES string of the molecule is COc1c(CO)c2ccc(-c3cccc(-c4c5ccccc5c(-c5cccc6ccccc56)c5ccccc45)c3)nc2c2nc(-c3ccccc3)ccc12. The van der Waals surface area contributed by atoms with E-state index in [9.17, 15) is 5.11 Å². The van der Waals surface area contributed by atoms with E-state index in [0.717, 1.165) is 49.9 Å². The molecule has 0 amide bonds. The largest absolute Gasteiger partial charge is 0.496 e. The topological polar surface area (TPSA) is 55.2 Å². The van der Waals surface area contributed by atoms with Gasteiger partial charge in [-0.3, -0.25) is 0 Å². The van der Waals surface area contributed by atoms with Crippen LogP contribution in [0.5, 0.6) is 5.75 Å². The van der Waals surface area contributed by atoms with Gasteiger partial charge in [0.15, 0.2) is 0 Å². The summed E-state index contributed by atoms with van der Waals surface area (Å²) in [6.45, 7) is -0.179. The van der Waals surface area contributed by atoms with Gasteiger partial charge in [0.2, 0.25) is 0 Å². The molecule has 0 bridgehead atoms. The molecule has 0 radical (unpaired) electrons. The van der Waals surface area contributed by atoms with Gasteiger partial charge >= 0.3 is 0 Å². The zero-order chi connectivity index (χ0) is 36.2. The van der Waals surface area contributed by atoms with E-state index in [-0.39, 0.29) is 6.61 Å². The van der Waals surface area contributed by atoms with E-state index in [0.29, 0.717) is 11.3 Å². The van der Waals surface area contributed by atoms with Crippen molar-refractivity contribution >= 4 is 54.1 Å². The summed E-state index contributed by atoms with van der Waals surface area (Å²) in [6, 6.07) is 59.7. The van der Waals surface area contributed by atoms with E-state index in [1.54, 1.807) is 7.11 Å². The lowest BCUT2D eigenvalue weighted by Gasteiger charge is -2.19. The van der Waals surface area contributed by atoms with Crippen LogP contribution in [0.25, 0.3) is 98.9 Å². The number of aliphatic hydroxyl groups is 1. The predicted octanol–water partition coefficient (Wildman–Crippen LogP) is 12.4. The number of fused-ring (bicyclic) bond motifs is 6. The molecule has 0 unspecified atom stereocenters. The molecule has 0 saturated heterocycles. The van der Waals surface area contributed by atoms with Crippen molar-refractivity contribution in [2.45, 2.75) is 6.61 Å². The van der Waals surface area contributed by atoms with Gasteiger partial charge < -0.3 is 9.84 Å². The van der Waals surface area contributed by atoms with Crippen LogP contribution in [0.4, 0.5) is 0 Å². The maximum absolute atomic E-state index is 10.6. The predicted molar refractivity (Wildman–Crippen MR) is 224 cm³/mol. The van der Waals surface area contributed by atoms with Gasteiger partial charge in [0.05, 0.1) is 30.6 Å².